The average Bonchev–Trinajstić information content (AvgIpc) is 3.02. The third-order valence-corrected chi connectivity index (χ3v) is 5.89. The summed E-state index contributed by atoms with van der Waals surface area (Å²) >= 11 is 13.7. The number of rotatable bonds is 6. The fraction of sp³-hybridized carbons (Fsp3) is 0.200. The van der Waals surface area contributed by atoms with Gasteiger partial charge in [-0.15, -0.1) is 11.3 Å². The number of nitrogens with zero attached hydrogens (tertiary/aromatic N) is 1. The highest BCUT2D eigenvalue weighted by molar-refractivity contribution is 7.15. The molecule has 0 fully saturated rings. The van der Waals surface area contributed by atoms with E-state index in [1.807, 2.05) is 38.1 Å². The van der Waals surface area contributed by atoms with Gasteiger partial charge in [-0.3, -0.25) is 4.79 Å². The summed E-state index contributed by atoms with van der Waals surface area (Å²) in [5, 5.41) is 5.03. The Kier molecular flexibility index (Phi) is 6.37. The first kappa shape index (κ1) is 19.7. The summed E-state index contributed by atoms with van der Waals surface area (Å²) in [6.07, 6.45) is 0. The summed E-state index contributed by atoms with van der Waals surface area (Å²) in [5.74, 6) is 0.414. The van der Waals surface area contributed by atoms with Crippen molar-refractivity contribution in [3.05, 3.63) is 68.6 Å². The van der Waals surface area contributed by atoms with Crippen LogP contribution in [0.2, 0.25) is 10.0 Å². The van der Waals surface area contributed by atoms with E-state index in [4.69, 9.17) is 27.9 Å². The van der Waals surface area contributed by atoms with E-state index >= 15 is 0 Å². The molecule has 1 amide bonds. The summed E-state index contributed by atoms with van der Waals surface area (Å²) < 4.78 is 5.51. The predicted molar refractivity (Wildman–Crippen MR) is 111 cm³/mol. The van der Waals surface area contributed by atoms with E-state index < -0.39 is 0 Å². The van der Waals surface area contributed by atoms with Crippen molar-refractivity contribution < 1.29 is 9.53 Å². The topological polar surface area (TPSA) is 51.2 Å². The zero-order valence-corrected chi connectivity index (χ0v) is 17.2. The summed E-state index contributed by atoms with van der Waals surface area (Å²) in [4.78, 5) is 17.6. The van der Waals surface area contributed by atoms with Gasteiger partial charge in [0.05, 0.1) is 17.3 Å². The summed E-state index contributed by atoms with van der Waals surface area (Å²) in [6, 6.07) is 12.9. The quantitative estimate of drug-likeness (QED) is 0.578. The molecule has 0 aliphatic carbocycles. The Bertz CT molecular complexity index is 972. The van der Waals surface area contributed by atoms with Crippen molar-refractivity contribution in [3.8, 4) is 16.3 Å². The number of hydrogen-bond acceptors (Lipinski definition) is 4. The molecule has 0 spiro atoms. The van der Waals surface area contributed by atoms with Crippen LogP contribution in [0.5, 0.6) is 5.75 Å². The van der Waals surface area contributed by atoms with Crippen LogP contribution in [0.4, 0.5) is 0 Å². The molecule has 3 rings (SSSR count). The molecule has 0 bridgehead atoms. The molecule has 0 atom stereocenters. The van der Waals surface area contributed by atoms with Gasteiger partial charge in [0.15, 0.2) is 6.61 Å². The van der Waals surface area contributed by atoms with Crippen LogP contribution >= 0.6 is 34.5 Å². The number of carbonyl (C=O) groups is 1. The lowest BCUT2D eigenvalue weighted by Gasteiger charge is -2.08. The Morgan fingerprint density at radius 3 is 2.67 bits per heavy atom. The Hall–Kier alpha value is -2.08. The first-order chi connectivity index (χ1) is 12.9. The summed E-state index contributed by atoms with van der Waals surface area (Å²) in [5.41, 5.74) is 2.68. The fourth-order valence-corrected chi connectivity index (χ4v) is 3.87. The van der Waals surface area contributed by atoms with E-state index in [0.29, 0.717) is 22.3 Å². The Morgan fingerprint density at radius 2 is 1.93 bits per heavy atom. The zero-order valence-electron chi connectivity index (χ0n) is 14.9. The maximum absolute atomic E-state index is 12.1. The van der Waals surface area contributed by atoms with Crippen molar-refractivity contribution in [3.63, 3.8) is 0 Å². The highest BCUT2D eigenvalue weighted by atomic mass is 35.5. The summed E-state index contributed by atoms with van der Waals surface area (Å²) in [7, 11) is 0. The van der Waals surface area contributed by atoms with E-state index in [1.165, 1.54) is 11.3 Å². The van der Waals surface area contributed by atoms with Gasteiger partial charge in [-0.05, 0) is 43.7 Å². The van der Waals surface area contributed by atoms with Gasteiger partial charge in [-0.2, -0.15) is 0 Å². The van der Waals surface area contributed by atoms with Crippen LogP contribution < -0.4 is 10.1 Å². The molecular weight excluding hydrogens is 403 g/mol. The van der Waals surface area contributed by atoms with Gasteiger partial charge in [-0.25, -0.2) is 4.98 Å². The Morgan fingerprint density at radius 1 is 1.15 bits per heavy atom. The molecule has 7 heteroatoms. The van der Waals surface area contributed by atoms with Crippen molar-refractivity contribution in [2.24, 2.45) is 0 Å². The van der Waals surface area contributed by atoms with Crippen LogP contribution in [-0.4, -0.2) is 17.5 Å². The molecule has 2 aromatic carbocycles. The second-order valence-electron chi connectivity index (χ2n) is 5.98. The Labute approximate surface area is 172 Å². The molecular formula is C20H18Cl2N2O2S. The lowest BCUT2D eigenvalue weighted by atomic mass is 10.2. The predicted octanol–water partition coefficient (Wildman–Crippen LogP) is 5.43. The number of amides is 1. The number of aryl methyl sites for hydroxylation is 2. The molecule has 1 heterocycles. The van der Waals surface area contributed by atoms with Gasteiger partial charge in [-0.1, -0.05) is 41.4 Å². The number of aromatic nitrogens is 1. The molecule has 0 saturated carbocycles. The molecule has 1 N–H and O–H groups in total. The SMILES string of the molecule is Cc1cc(OCC(=O)NCc2sc(-c3ccccc3Cl)nc2C)ccc1Cl. The van der Waals surface area contributed by atoms with Crippen LogP contribution in [0.1, 0.15) is 16.1 Å². The standard InChI is InChI=1S/C20H18Cl2N2O2S/c1-12-9-14(7-8-16(12)21)26-11-19(25)23-10-18-13(2)24-20(27-18)15-5-3-4-6-17(15)22/h3-9H,10-11H2,1-2H3,(H,23,25). The van der Waals surface area contributed by atoms with Gasteiger partial charge in [0, 0.05) is 15.5 Å². The Balaban J connectivity index is 1.57. The molecule has 140 valence electrons. The van der Waals surface area contributed by atoms with Crippen molar-refractivity contribution in [2.45, 2.75) is 20.4 Å². The van der Waals surface area contributed by atoms with Crippen molar-refractivity contribution in [1.82, 2.24) is 10.3 Å². The van der Waals surface area contributed by atoms with Gasteiger partial charge in [0.2, 0.25) is 0 Å². The third-order valence-electron chi connectivity index (χ3n) is 3.94. The monoisotopic (exact) mass is 420 g/mol. The van der Waals surface area contributed by atoms with Crippen LogP contribution in [0, 0.1) is 13.8 Å². The van der Waals surface area contributed by atoms with E-state index in [9.17, 15) is 4.79 Å². The van der Waals surface area contributed by atoms with E-state index in [0.717, 1.165) is 26.7 Å². The van der Waals surface area contributed by atoms with Crippen molar-refractivity contribution in [1.29, 1.82) is 0 Å². The highest BCUT2D eigenvalue weighted by Gasteiger charge is 2.13. The lowest BCUT2D eigenvalue weighted by molar-refractivity contribution is -0.123. The fourth-order valence-electron chi connectivity index (χ4n) is 2.43. The number of nitrogens with one attached hydrogen (secondary N) is 1. The lowest BCUT2D eigenvalue weighted by Crippen LogP contribution is -2.28. The van der Waals surface area contributed by atoms with E-state index in [1.54, 1.807) is 18.2 Å². The van der Waals surface area contributed by atoms with Crippen LogP contribution in [-0.2, 0) is 11.3 Å². The minimum Gasteiger partial charge on any atom is -0.484 e. The summed E-state index contributed by atoms with van der Waals surface area (Å²) in [6.45, 7) is 4.15. The number of hydrogen-bond donors (Lipinski definition) is 1. The molecule has 3 aromatic rings. The zero-order chi connectivity index (χ0) is 19.4. The molecule has 0 radical (unpaired) electrons. The highest BCUT2D eigenvalue weighted by Crippen LogP contribution is 2.32. The van der Waals surface area contributed by atoms with E-state index in [2.05, 4.69) is 10.3 Å². The number of ether oxygens (including phenoxy) is 1. The van der Waals surface area contributed by atoms with E-state index in [-0.39, 0.29) is 12.5 Å². The normalized spacial score (nSPS) is 10.7. The van der Waals surface area contributed by atoms with Gasteiger partial charge < -0.3 is 10.1 Å². The molecule has 4 nitrogen and oxygen atoms in total. The van der Waals surface area contributed by atoms with Gasteiger partial charge >= 0.3 is 0 Å². The number of halogens is 2. The first-order valence-corrected chi connectivity index (χ1v) is 9.88. The molecule has 0 aliphatic rings. The molecule has 0 saturated heterocycles. The van der Waals surface area contributed by atoms with Crippen molar-refractivity contribution >= 4 is 40.4 Å². The molecule has 1 aromatic heterocycles. The molecule has 27 heavy (non-hydrogen) atoms. The molecule has 0 unspecified atom stereocenters. The van der Waals surface area contributed by atoms with Crippen LogP contribution in [0.3, 0.4) is 0 Å². The second kappa shape index (κ2) is 8.74. The van der Waals surface area contributed by atoms with Crippen LogP contribution in [0.25, 0.3) is 10.6 Å². The minimum absolute atomic E-state index is 0.0592. The first-order valence-electron chi connectivity index (χ1n) is 8.31. The van der Waals surface area contributed by atoms with Crippen LogP contribution in [0.15, 0.2) is 42.5 Å². The van der Waals surface area contributed by atoms with Gasteiger partial charge in [0.1, 0.15) is 10.8 Å². The minimum atomic E-state index is -0.199. The maximum Gasteiger partial charge on any atom is 0.258 e. The number of carbonyl (C=O) groups excluding carboxylic acids is 1. The largest absolute Gasteiger partial charge is 0.484 e. The smallest absolute Gasteiger partial charge is 0.258 e. The number of benzene rings is 2. The average molecular weight is 421 g/mol. The van der Waals surface area contributed by atoms with Crippen molar-refractivity contribution in [2.75, 3.05) is 6.61 Å². The third kappa shape index (κ3) is 5.01. The number of thiazole rings is 1. The van der Waals surface area contributed by atoms with Gasteiger partial charge in [0.25, 0.3) is 5.91 Å². The maximum atomic E-state index is 12.1. The molecule has 0 aliphatic heterocycles. The second-order valence-corrected chi connectivity index (χ2v) is 7.88.